The number of hydroxylamine groups is 1. The molecule has 100 valence electrons. The van der Waals surface area contributed by atoms with Crippen LogP contribution in [-0.2, 0) is 9.63 Å². The molecule has 0 aliphatic carbocycles. The molecule has 0 bridgehead atoms. The summed E-state index contributed by atoms with van der Waals surface area (Å²) < 4.78 is 36.3. The minimum absolute atomic E-state index is 0.0289. The number of amides is 1. The first-order valence-electron chi connectivity index (χ1n) is 5.31. The second-order valence-electron chi connectivity index (χ2n) is 4.04. The second kappa shape index (κ2) is 6.18. The monoisotopic (exact) mass is 255 g/mol. The Bertz CT molecular complexity index is 252. The molecule has 0 atom stereocenters. The smallest absolute Gasteiger partial charge is 0.368 e. The Morgan fingerprint density at radius 2 is 2.00 bits per heavy atom. The molecule has 8 heteroatoms. The molecule has 1 aliphatic rings. The van der Waals surface area contributed by atoms with Crippen molar-refractivity contribution in [3.05, 3.63) is 0 Å². The molecule has 1 rings (SSSR count). The number of nitrogens with zero attached hydrogens (tertiary/aromatic N) is 1. The number of hydrogen-bond acceptors (Lipinski definition) is 4. The summed E-state index contributed by atoms with van der Waals surface area (Å²) in [5.41, 5.74) is 7.49. The summed E-state index contributed by atoms with van der Waals surface area (Å²) in [6.45, 7) is -0.390. The maximum Gasteiger partial charge on any atom is 0.401 e. The van der Waals surface area contributed by atoms with Crippen LogP contribution >= 0.6 is 0 Å². The van der Waals surface area contributed by atoms with Crippen LogP contribution in [0.25, 0.3) is 0 Å². The molecule has 1 saturated heterocycles. The van der Waals surface area contributed by atoms with Gasteiger partial charge < -0.3 is 5.73 Å². The Morgan fingerprint density at radius 1 is 1.41 bits per heavy atom. The fourth-order valence-electron chi connectivity index (χ4n) is 1.69. The van der Waals surface area contributed by atoms with E-state index in [0.29, 0.717) is 25.9 Å². The van der Waals surface area contributed by atoms with Crippen molar-refractivity contribution in [2.45, 2.75) is 25.1 Å². The van der Waals surface area contributed by atoms with Gasteiger partial charge in [-0.3, -0.25) is 14.5 Å². The average Bonchev–Trinajstić information content (AvgIpc) is 2.18. The van der Waals surface area contributed by atoms with Crippen molar-refractivity contribution >= 4 is 5.91 Å². The lowest BCUT2D eigenvalue weighted by molar-refractivity contribution is -0.149. The normalized spacial score (nSPS) is 19.5. The molecule has 17 heavy (non-hydrogen) atoms. The van der Waals surface area contributed by atoms with E-state index in [1.54, 1.807) is 0 Å². The van der Waals surface area contributed by atoms with Crippen molar-refractivity contribution in [3.8, 4) is 0 Å². The van der Waals surface area contributed by atoms with Gasteiger partial charge in [-0.15, -0.1) is 0 Å². The fraction of sp³-hybridized carbons (Fsp3) is 0.889. The van der Waals surface area contributed by atoms with Crippen molar-refractivity contribution in [1.29, 1.82) is 0 Å². The Balaban J connectivity index is 2.15. The molecular formula is C9H16F3N3O2. The quantitative estimate of drug-likeness (QED) is 0.680. The third kappa shape index (κ3) is 6.44. The largest absolute Gasteiger partial charge is 0.401 e. The highest BCUT2D eigenvalue weighted by Crippen LogP contribution is 2.19. The van der Waals surface area contributed by atoms with Crippen LogP contribution in [0.2, 0.25) is 0 Å². The molecule has 0 aromatic carbocycles. The van der Waals surface area contributed by atoms with E-state index in [9.17, 15) is 18.0 Å². The van der Waals surface area contributed by atoms with Gasteiger partial charge in [0.05, 0.1) is 6.54 Å². The van der Waals surface area contributed by atoms with Crippen LogP contribution in [0.5, 0.6) is 0 Å². The van der Waals surface area contributed by atoms with E-state index in [1.807, 2.05) is 0 Å². The highest BCUT2D eigenvalue weighted by atomic mass is 19.4. The summed E-state index contributed by atoms with van der Waals surface area (Å²) in [6.07, 6.45) is -3.05. The minimum atomic E-state index is -4.15. The van der Waals surface area contributed by atoms with Crippen LogP contribution in [0.3, 0.4) is 0 Å². The zero-order valence-electron chi connectivity index (χ0n) is 9.29. The van der Waals surface area contributed by atoms with Crippen molar-refractivity contribution in [2.75, 3.05) is 26.2 Å². The first-order chi connectivity index (χ1) is 7.87. The van der Waals surface area contributed by atoms with Gasteiger partial charge in [-0.2, -0.15) is 18.7 Å². The van der Waals surface area contributed by atoms with Crippen molar-refractivity contribution in [2.24, 2.45) is 5.73 Å². The molecule has 3 N–H and O–H groups in total. The Morgan fingerprint density at radius 3 is 2.47 bits per heavy atom. The van der Waals surface area contributed by atoms with Crippen LogP contribution in [0, 0.1) is 0 Å². The van der Waals surface area contributed by atoms with E-state index in [2.05, 4.69) is 5.48 Å². The highest BCUT2D eigenvalue weighted by Gasteiger charge is 2.32. The molecule has 0 saturated carbocycles. The Hall–Kier alpha value is -0.860. The molecule has 0 spiro atoms. The number of likely N-dealkylation sites (tertiary alicyclic amines) is 1. The number of nitrogens with two attached hydrogens (primary N) is 1. The molecule has 1 heterocycles. The third-order valence-corrected chi connectivity index (χ3v) is 2.45. The van der Waals surface area contributed by atoms with Crippen LogP contribution in [0.1, 0.15) is 12.8 Å². The van der Waals surface area contributed by atoms with Gasteiger partial charge in [0.1, 0.15) is 6.61 Å². The van der Waals surface area contributed by atoms with Crippen molar-refractivity contribution in [3.63, 3.8) is 0 Å². The van der Waals surface area contributed by atoms with Gasteiger partial charge in [0, 0.05) is 19.1 Å². The lowest BCUT2D eigenvalue weighted by Gasteiger charge is -2.32. The number of primary amides is 1. The number of halogens is 3. The highest BCUT2D eigenvalue weighted by molar-refractivity contribution is 5.74. The van der Waals surface area contributed by atoms with Crippen LogP contribution in [0.4, 0.5) is 13.2 Å². The number of nitrogens with one attached hydrogen (secondary N) is 1. The van der Waals surface area contributed by atoms with Crippen LogP contribution < -0.4 is 11.2 Å². The number of carbonyl (C=O) groups excluding carboxylic acids is 1. The summed E-state index contributed by atoms with van der Waals surface area (Å²) in [6, 6.07) is -0.0289. The van der Waals surface area contributed by atoms with E-state index in [-0.39, 0.29) is 12.6 Å². The topological polar surface area (TPSA) is 67.6 Å². The molecule has 1 fully saturated rings. The van der Waals surface area contributed by atoms with Gasteiger partial charge in [0.15, 0.2) is 0 Å². The van der Waals surface area contributed by atoms with Gasteiger partial charge >= 0.3 is 6.18 Å². The fourth-order valence-corrected chi connectivity index (χ4v) is 1.69. The van der Waals surface area contributed by atoms with E-state index in [1.165, 1.54) is 4.90 Å². The summed E-state index contributed by atoms with van der Waals surface area (Å²) in [4.78, 5) is 16.5. The summed E-state index contributed by atoms with van der Waals surface area (Å²) >= 11 is 0. The maximum atomic E-state index is 12.1. The molecule has 0 aromatic rings. The van der Waals surface area contributed by atoms with Gasteiger partial charge in [-0.1, -0.05) is 0 Å². The predicted molar refractivity (Wildman–Crippen MR) is 53.8 cm³/mol. The van der Waals surface area contributed by atoms with Gasteiger partial charge in [0.25, 0.3) is 0 Å². The van der Waals surface area contributed by atoms with E-state index in [4.69, 9.17) is 10.6 Å². The molecule has 5 nitrogen and oxygen atoms in total. The van der Waals surface area contributed by atoms with E-state index in [0.717, 1.165) is 0 Å². The lowest BCUT2D eigenvalue weighted by atomic mass is 10.1. The van der Waals surface area contributed by atoms with E-state index < -0.39 is 18.6 Å². The molecule has 1 aliphatic heterocycles. The molecule has 0 aromatic heterocycles. The average molecular weight is 255 g/mol. The summed E-state index contributed by atoms with van der Waals surface area (Å²) in [5.74, 6) is -0.591. The Kier molecular flexibility index (Phi) is 5.16. The predicted octanol–water partition coefficient (Wildman–Crippen LogP) is 0.0196. The maximum absolute atomic E-state index is 12.1. The minimum Gasteiger partial charge on any atom is -0.368 e. The molecule has 0 unspecified atom stereocenters. The summed E-state index contributed by atoms with van der Waals surface area (Å²) in [7, 11) is 0. The zero-order valence-corrected chi connectivity index (χ0v) is 9.29. The van der Waals surface area contributed by atoms with Gasteiger partial charge in [0.2, 0.25) is 5.91 Å². The SMILES string of the molecule is NC(=O)CONC1CCN(CC(F)(F)F)CC1. The first-order valence-corrected chi connectivity index (χ1v) is 5.31. The number of carbonyl (C=O) groups is 1. The number of hydrogen-bond donors (Lipinski definition) is 2. The zero-order chi connectivity index (χ0) is 12.9. The third-order valence-electron chi connectivity index (χ3n) is 2.45. The Labute approximate surface area is 97.0 Å². The van der Waals surface area contributed by atoms with Crippen molar-refractivity contribution in [1.82, 2.24) is 10.4 Å². The number of piperidine rings is 1. The van der Waals surface area contributed by atoms with Crippen LogP contribution in [0.15, 0.2) is 0 Å². The summed E-state index contributed by atoms with van der Waals surface area (Å²) in [5, 5.41) is 0. The molecule has 0 radical (unpaired) electrons. The molecule has 1 amide bonds. The van der Waals surface area contributed by atoms with Gasteiger partial charge in [-0.25, -0.2) is 0 Å². The first kappa shape index (κ1) is 14.2. The molecular weight excluding hydrogens is 239 g/mol. The number of rotatable bonds is 5. The van der Waals surface area contributed by atoms with Gasteiger partial charge in [-0.05, 0) is 12.8 Å². The second-order valence-corrected chi connectivity index (χ2v) is 4.04. The standard InChI is InChI=1S/C9H16F3N3O2/c10-9(11,12)6-15-3-1-7(2-4-15)14-17-5-8(13)16/h7,14H,1-6H2,(H2,13,16). The van der Waals surface area contributed by atoms with Crippen LogP contribution in [-0.4, -0.2) is 49.3 Å². The van der Waals surface area contributed by atoms with E-state index >= 15 is 0 Å². The lowest BCUT2D eigenvalue weighted by Crippen LogP contribution is -2.46. The number of alkyl halides is 3. The van der Waals surface area contributed by atoms with Crippen molar-refractivity contribution < 1.29 is 22.8 Å².